The molecule has 5 nitrogen and oxygen atoms in total. The van der Waals surface area contributed by atoms with Crippen molar-refractivity contribution in [2.75, 3.05) is 18.6 Å². The molecule has 1 fully saturated rings. The first kappa shape index (κ1) is 20.9. The number of amides is 1. The zero-order valence-corrected chi connectivity index (χ0v) is 19.0. The second-order valence-electron chi connectivity index (χ2n) is 7.89. The Balaban J connectivity index is 1.53. The van der Waals surface area contributed by atoms with E-state index in [9.17, 15) is 4.79 Å². The number of halogens is 2. The van der Waals surface area contributed by atoms with Gasteiger partial charge in [-0.1, -0.05) is 47.5 Å². The molecule has 1 atom stereocenters. The number of ether oxygens (including phenoxy) is 1. The van der Waals surface area contributed by atoms with E-state index in [4.69, 9.17) is 32.9 Å². The van der Waals surface area contributed by atoms with Crippen molar-refractivity contribution in [2.24, 2.45) is 0 Å². The number of hydrogen-bond donors (Lipinski definition) is 0. The molecule has 1 aliphatic heterocycles. The van der Waals surface area contributed by atoms with Crippen LogP contribution < -0.4 is 9.64 Å². The van der Waals surface area contributed by atoms with Crippen LogP contribution in [0.15, 0.2) is 66.7 Å². The predicted molar refractivity (Wildman–Crippen MR) is 128 cm³/mol. The third kappa shape index (κ3) is 3.83. The molecule has 7 heteroatoms. The molecule has 1 saturated heterocycles. The summed E-state index contributed by atoms with van der Waals surface area (Å²) in [4.78, 5) is 19.7. The maximum Gasteiger partial charge on any atom is 0.227 e. The number of fused-ring (bicyclic) bond motifs is 1. The van der Waals surface area contributed by atoms with Gasteiger partial charge in [-0.05, 0) is 42.0 Å². The second-order valence-corrected chi connectivity index (χ2v) is 8.73. The molecule has 0 saturated carbocycles. The van der Waals surface area contributed by atoms with Crippen LogP contribution in [0.2, 0.25) is 10.0 Å². The Morgan fingerprint density at radius 3 is 2.72 bits per heavy atom. The Labute approximate surface area is 196 Å². The zero-order valence-electron chi connectivity index (χ0n) is 17.5. The number of para-hydroxylation sites is 2. The van der Waals surface area contributed by atoms with Gasteiger partial charge in [-0.2, -0.15) is 0 Å². The molecular formula is C25H21Cl2N3O2. The minimum Gasteiger partial charge on any atom is -0.497 e. The van der Waals surface area contributed by atoms with E-state index in [0.717, 1.165) is 33.9 Å². The number of methoxy groups -OCH3 is 1. The van der Waals surface area contributed by atoms with Gasteiger partial charge in [0.05, 0.1) is 24.7 Å². The van der Waals surface area contributed by atoms with E-state index in [2.05, 4.69) is 4.57 Å². The fourth-order valence-corrected chi connectivity index (χ4v) is 4.77. The summed E-state index contributed by atoms with van der Waals surface area (Å²) in [5.74, 6) is 1.65. The Hall–Kier alpha value is -3.02. The van der Waals surface area contributed by atoms with E-state index in [1.807, 2.05) is 65.6 Å². The number of anilines is 1. The summed E-state index contributed by atoms with van der Waals surface area (Å²) in [6.45, 7) is 1.11. The van der Waals surface area contributed by atoms with Crippen molar-refractivity contribution >= 4 is 45.8 Å². The number of benzene rings is 3. The third-order valence-electron chi connectivity index (χ3n) is 5.88. The van der Waals surface area contributed by atoms with Crippen molar-refractivity contribution in [3.63, 3.8) is 0 Å². The topological polar surface area (TPSA) is 47.4 Å². The Morgan fingerprint density at radius 2 is 1.91 bits per heavy atom. The van der Waals surface area contributed by atoms with E-state index in [1.54, 1.807) is 13.2 Å². The first-order chi connectivity index (χ1) is 15.5. The fraction of sp³-hybridized carbons (Fsp3) is 0.200. The van der Waals surface area contributed by atoms with E-state index in [0.29, 0.717) is 29.6 Å². The number of carbonyl (C=O) groups is 1. The molecule has 2 heterocycles. The lowest BCUT2D eigenvalue weighted by Crippen LogP contribution is -2.24. The van der Waals surface area contributed by atoms with Crippen LogP contribution in [-0.2, 0) is 11.3 Å². The summed E-state index contributed by atoms with van der Waals surface area (Å²) in [5, 5.41) is 1.21. The van der Waals surface area contributed by atoms with Crippen molar-refractivity contribution in [1.29, 1.82) is 0 Å². The molecule has 1 aliphatic rings. The van der Waals surface area contributed by atoms with Gasteiger partial charge in [0.15, 0.2) is 0 Å². The lowest BCUT2D eigenvalue weighted by atomic mass is 10.1. The van der Waals surface area contributed by atoms with Gasteiger partial charge in [-0.15, -0.1) is 0 Å². The van der Waals surface area contributed by atoms with Crippen molar-refractivity contribution < 1.29 is 9.53 Å². The average Bonchev–Trinajstić information content (AvgIpc) is 3.36. The number of aromatic nitrogens is 2. The van der Waals surface area contributed by atoms with Gasteiger partial charge in [-0.3, -0.25) is 4.79 Å². The maximum absolute atomic E-state index is 12.9. The molecular weight excluding hydrogens is 445 g/mol. The highest BCUT2D eigenvalue weighted by atomic mass is 35.5. The first-order valence-corrected chi connectivity index (χ1v) is 11.1. The molecule has 0 unspecified atom stereocenters. The normalized spacial score (nSPS) is 16.2. The highest BCUT2D eigenvalue weighted by Gasteiger charge is 2.35. The molecule has 4 aromatic rings. The molecule has 1 amide bonds. The SMILES string of the molecule is COc1cccc(N2C[C@@H](c3nc4ccccc4n3Cc3ccc(Cl)cc3Cl)CC2=O)c1. The Morgan fingerprint density at radius 1 is 1.06 bits per heavy atom. The van der Waals surface area contributed by atoms with Crippen molar-refractivity contribution in [3.05, 3.63) is 88.2 Å². The lowest BCUT2D eigenvalue weighted by molar-refractivity contribution is -0.117. The minimum absolute atomic E-state index is 0.0350. The lowest BCUT2D eigenvalue weighted by Gasteiger charge is -2.18. The van der Waals surface area contributed by atoms with Gasteiger partial charge in [0, 0.05) is 40.7 Å². The molecule has 3 aromatic carbocycles. The molecule has 0 aliphatic carbocycles. The number of imidazole rings is 1. The van der Waals surface area contributed by atoms with Crippen molar-refractivity contribution in [2.45, 2.75) is 18.9 Å². The van der Waals surface area contributed by atoms with Crippen LogP contribution in [0.25, 0.3) is 11.0 Å². The predicted octanol–water partition coefficient (Wildman–Crippen LogP) is 5.92. The number of nitrogens with zero attached hydrogens (tertiary/aromatic N) is 3. The Bertz CT molecular complexity index is 1320. The molecule has 0 radical (unpaired) electrons. The van der Waals surface area contributed by atoms with Gasteiger partial charge >= 0.3 is 0 Å². The fourth-order valence-electron chi connectivity index (χ4n) is 4.30. The second kappa shape index (κ2) is 8.49. The number of carbonyl (C=O) groups excluding carboxylic acids is 1. The Kier molecular flexibility index (Phi) is 5.53. The summed E-state index contributed by atoms with van der Waals surface area (Å²) >= 11 is 12.6. The van der Waals surface area contributed by atoms with Crippen LogP contribution in [0, 0.1) is 0 Å². The molecule has 1 aromatic heterocycles. The van der Waals surface area contributed by atoms with Crippen molar-refractivity contribution in [1.82, 2.24) is 9.55 Å². The summed E-state index contributed by atoms with van der Waals surface area (Å²) in [6.07, 6.45) is 0.398. The van der Waals surface area contributed by atoms with E-state index >= 15 is 0 Å². The third-order valence-corrected chi connectivity index (χ3v) is 6.47. The summed E-state index contributed by atoms with van der Waals surface area (Å²) in [6, 6.07) is 21.1. The molecule has 32 heavy (non-hydrogen) atoms. The minimum atomic E-state index is -0.0350. The van der Waals surface area contributed by atoms with Crippen LogP contribution in [0.3, 0.4) is 0 Å². The first-order valence-electron chi connectivity index (χ1n) is 10.4. The largest absolute Gasteiger partial charge is 0.497 e. The molecule has 0 spiro atoms. The monoisotopic (exact) mass is 465 g/mol. The van der Waals surface area contributed by atoms with E-state index in [1.165, 1.54) is 0 Å². The summed E-state index contributed by atoms with van der Waals surface area (Å²) in [5.41, 5.74) is 3.70. The van der Waals surface area contributed by atoms with Crippen molar-refractivity contribution in [3.8, 4) is 5.75 Å². The van der Waals surface area contributed by atoms with Crippen LogP contribution in [0.5, 0.6) is 5.75 Å². The molecule has 5 rings (SSSR count). The molecule has 162 valence electrons. The number of rotatable bonds is 5. The van der Waals surface area contributed by atoms with Crippen LogP contribution in [-0.4, -0.2) is 29.1 Å². The molecule has 0 N–H and O–H groups in total. The van der Waals surface area contributed by atoms with Crippen LogP contribution in [0.4, 0.5) is 5.69 Å². The zero-order chi connectivity index (χ0) is 22.2. The number of hydrogen-bond acceptors (Lipinski definition) is 3. The van der Waals surface area contributed by atoms with Crippen LogP contribution >= 0.6 is 23.2 Å². The van der Waals surface area contributed by atoms with E-state index in [-0.39, 0.29) is 11.8 Å². The van der Waals surface area contributed by atoms with Gasteiger partial charge in [-0.25, -0.2) is 4.98 Å². The van der Waals surface area contributed by atoms with Gasteiger partial charge in [0.1, 0.15) is 11.6 Å². The average molecular weight is 466 g/mol. The van der Waals surface area contributed by atoms with Gasteiger partial charge in [0.2, 0.25) is 5.91 Å². The maximum atomic E-state index is 12.9. The highest BCUT2D eigenvalue weighted by molar-refractivity contribution is 6.35. The standard InChI is InChI=1S/C25H21Cl2N3O2/c1-32-20-6-4-5-19(13-20)29-15-17(11-24(29)31)25-28-22-7-2-3-8-23(22)30(25)14-16-9-10-18(26)12-21(16)27/h2-10,12-13,17H,11,14-15H2,1H3/t17-/m0/s1. The summed E-state index contributed by atoms with van der Waals surface area (Å²) < 4.78 is 7.49. The van der Waals surface area contributed by atoms with Gasteiger partial charge in [0.25, 0.3) is 0 Å². The summed E-state index contributed by atoms with van der Waals surface area (Å²) in [7, 11) is 1.62. The van der Waals surface area contributed by atoms with Crippen LogP contribution in [0.1, 0.15) is 23.7 Å². The molecule has 0 bridgehead atoms. The van der Waals surface area contributed by atoms with E-state index < -0.39 is 0 Å². The smallest absolute Gasteiger partial charge is 0.227 e. The van der Waals surface area contributed by atoms with Gasteiger partial charge < -0.3 is 14.2 Å². The highest BCUT2D eigenvalue weighted by Crippen LogP contribution is 2.35. The quantitative estimate of drug-likeness (QED) is 0.367.